The second-order valence-electron chi connectivity index (χ2n) is 10.2. The molecule has 0 aromatic heterocycles. The average molecular weight is 391 g/mol. The smallest absolute Gasteiger partial charge is 0.305 e. The summed E-state index contributed by atoms with van der Waals surface area (Å²) in [6.45, 7) is 7.20. The van der Waals surface area contributed by atoms with Gasteiger partial charge in [0, 0.05) is 32.1 Å². The second-order valence-corrected chi connectivity index (χ2v) is 10.2. The van der Waals surface area contributed by atoms with Gasteiger partial charge in [-0.1, -0.05) is 13.8 Å². The maximum Gasteiger partial charge on any atom is 0.305 e. The number of carbonyl (C=O) groups is 3. The minimum absolute atomic E-state index is 0.190. The number of ether oxygens (including phenoxy) is 2. The predicted octanol–water partition coefficient (Wildman–Crippen LogP) is 4.42. The number of hydrogen-bond donors (Lipinski definition) is 0. The standard InChI is InChI=1S/C23H34O5/c1-14(24)27-23(28-15(2)25)12-5-6-16-7-8-17-18-9-10-20(26)21(18,3)13-11-19(17)22(16,23)4/h16-19H,5-13H2,1-4H3/t16-,17-,18-,19-,21-,22-/m0/s1. The lowest BCUT2D eigenvalue weighted by molar-refractivity contribution is -0.322. The van der Waals surface area contributed by atoms with Gasteiger partial charge in [0.15, 0.2) is 0 Å². The van der Waals surface area contributed by atoms with Crippen LogP contribution in [0.5, 0.6) is 0 Å². The van der Waals surface area contributed by atoms with Crippen LogP contribution in [0.1, 0.15) is 85.5 Å². The molecule has 4 aliphatic rings. The van der Waals surface area contributed by atoms with Gasteiger partial charge >= 0.3 is 11.9 Å². The molecule has 28 heavy (non-hydrogen) atoms. The van der Waals surface area contributed by atoms with Crippen molar-refractivity contribution in [3.05, 3.63) is 0 Å². The van der Waals surface area contributed by atoms with Crippen molar-refractivity contribution in [3.63, 3.8) is 0 Å². The fraction of sp³-hybridized carbons (Fsp3) is 0.870. The molecule has 0 unspecified atom stereocenters. The summed E-state index contributed by atoms with van der Waals surface area (Å²) in [4.78, 5) is 36.8. The van der Waals surface area contributed by atoms with Crippen molar-refractivity contribution in [2.24, 2.45) is 34.5 Å². The zero-order chi connectivity index (χ0) is 20.3. The molecule has 6 atom stereocenters. The van der Waals surface area contributed by atoms with Crippen LogP contribution in [0, 0.1) is 34.5 Å². The largest absolute Gasteiger partial charge is 0.422 e. The average Bonchev–Trinajstić information content (AvgIpc) is 2.90. The summed E-state index contributed by atoms with van der Waals surface area (Å²) in [6.07, 6.45) is 8.27. The molecule has 4 fully saturated rings. The predicted molar refractivity (Wildman–Crippen MR) is 103 cm³/mol. The first-order valence-electron chi connectivity index (χ1n) is 11.1. The normalized spacial score (nSPS) is 44.1. The van der Waals surface area contributed by atoms with Gasteiger partial charge in [-0.25, -0.2) is 0 Å². The van der Waals surface area contributed by atoms with Crippen molar-refractivity contribution < 1.29 is 23.9 Å². The van der Waals surface area contributed by atoms with Crippen molar-refractivity contribution in [3.8, 4) is 0 Å². The van der Waals surface area contributed by atoms with E-state index in [1.807, 2.05) is 0 Å². The van der Waals surface area contributed by atoms with Gasteiger partial charge in [-0.2, -0.15) is 0 Å². The Morgan fingerprint density at radius 1 is 0.893 bits per heavy atom. The fourth-order valence-electron chi connectivity index (χ4n) is 7.90. The molecular formula is C23H34O5. The minimum atomic E-state index is -1.17. The van der Waals surface area contributed by atoms with E-state index in [1.54, 1.807) is 0 Å². The Hall–Kier alpha value is -1.39. The van der Waals surface area contributed by atoms with Crippen LogP contribution in [0.3, 0.4) is 0 Å². The van der Waals surface area contributed by atoms with Crippen LogP contribution in [0.25, 0.3) is 0 Å². The summed E-state index contributed by atoms with van der Waals surface area (Å²) < 4.78 is 11.8. The Kier molecular flexibility index (Phi) is 4.67. The van der Waals surface area contributed by atoms with Crippen molar-refractivity contribution in [1.82, 2.24) is 0 Å². The van der Waals surface area contributed by atoms with Crippen LogP contribution >= 0.6 is 0 Å². The van der Waals surface area contributed by atoms with Gasteiger partial charge in [-0.05, 0) is 68.6 Å². The highest BCUT2D eigenvalue weighted by molar-refractivity contribution is 5.87. The number of ketones is 1. The fourth-order valence-corrected chi connectivity index (χ4v) is 7.90. The Morgan fingerprint density at radius 3 is 2.21 bits per heavy atom. The molecule has 0 amide bonds. The van der Waals surface area contributed by atoms with Gasteiger partial charge < -0.3 is 9.47 Å². The van der Waals surface area contributed by atoms with E-state index < -0.39 is 11.2 Å². The third-order valence-corrected chi connectivity index (χ3v) is 9.11. The van der Waals surface area contributed by atoms with E-state index >= 15 is 0 Å². The third kappa shape index (κ3) is 2.60. The summed E-state index contributed by atoms with van der Waals surface area (Å²) in [5.74, 6) is 0.0208. The zero-order valence-electron chi connectivity index (χ0n) is 17.7. The molecule has 0 heterocycles. The van der Waals surface area contributed by atoms with Gasteiger partial charge in [-0.15, -0.1) is 0 Å². The van der Waals surface area contributed by atoms with E-state index in [0.717, 1.165) is 44.9 Å². The molecule has 156 valence electrons. The first kappa shape index (κ1) is 19.9. The highest BCUT2D eigenvalue weighted by Gasteiger charge is 2.69. The summed E-state index contributed by atoms with van der Waals surface area (Å²) in [5.41, 5.74) is -0.580. The van der Waals surface area contributed by atoms with Gasteiger partial charge in [0.25, 0.3) is 5.79 Å². The maximum atomic E-state index is 12.6. The van der Waals surface area contributed by atoms with E-state index in [4.69, 9.17) is 9.47 Å². The summed E-state index contributed by atoms with van der Waals surface area (Å²) >= 11 is 0. The second kappa shape index (κ2) is 6.56. The quantitative estimate of drug-likeness (QED) is 0.516. The molecule has 0 bridgehead atoms. The molecule has 0 N–H and O–H groups in total. The molecule has 0 aromatic rings. The topological polar surface area (TPSA) is 69.7 Å². The summed E-state index contributed by atoms with van der Waals surface area (Å²) in [7, 11) is 0. The summed E-state index contributed by atoms with van der Waals surface area (Å²) in [5, 5.41) is 0. The van der Waals surface area contributed by atoms with Crippen LogP contribution in [0.2, 0.25) is 0 Å². The van der Waals surface area contributed by atoms with E-state index in [0.29, 0.717) is 42.3 Å². The molecule has 0 saturated heterocycles. The number of carbonyl (C=O) groups excluding carboxylic acids is 3. The summed E-state index contributed by atoms with van der Waals surface area (Å²) in [6, 6.07) is 0. The van der Waals surface area contributed by atoms with Gasteiger partial charge in [-0.3, -0.25) is 14.4 Å². The third-order valence-electron chi connectivity index (χ3n) is 9.11. The van der Waals surface area contributed by atoms with Crippen LogP contribution < -0.4 is 0 Å². The Balaban J connectivity index is 1.77. The van der Waals surface area contributed by atoms with Crippen LogP contribution in [0.4, 0.5) is 0 Å². The number of Topliss-reactive ketones (excluding diaryl/α,β-unsaturated/α-hetero) is 1. The molecule has 0 aromatic carbocycles. The Labute approximate surface area is 167 Å². The maximum absolute atomic E-state index is 12.6. The lowest BCUT2D eigenvalue weighted by Gasteiger charge is -2.64. The van der Waals surface area contributed by atoms with Crippen molar-refractivity contribution in [2.75, 3.05) is 0 Å². The van der Waals surface area contributed by atoms with Crippen LogP contribution in [-0.4, -0.2) is 23.5 Å². The number of rotatable bonds is 2. The molecule has 4 aliphatic carbocycles. The lowest BCUT2D eigenvalue weighted by atomic mass is 9.43. The minimum Gasteiger partial charge on any atom is -0.422 e. The molecule has 5 heteroatoms. The SMILES string of the molecule is CC(=O)OC1(OC(C)=O)CCC[C@H]2CC[C@@H]3[C@H](CC[C@]4(C)C(=O)CC[C@@H]34)[C@]21C. The lowest BCUT2D eigenvalue weighted by Crippen LogP contribution is -2.65. The first-order valence-corrected chi connectivity index (χ1v) is 11.1. The monoisotopic (exact) mass is 390 g/mol. The van der Waals surface area contributed by atoms with Gasteiger partial charge in [0.05, 0.1) is 5.41 Å². The zero-order valence-corrected chi connectivity index (χ0v) is 17.7. The first-order chi connectivity index (χ1) is 13.1. The van der Waals surface area contributed by atoms with Crippen molar-refractivity contribution in [2.45, 2.75) is 91.3 Å². The van der Waals surface area contributed by atoms with E-state index in [2.05, 4.69) is 13.8 Å². The molecule has 4 rings (SSSR count). The van der Waals surface area contributed by atoms with E-state index in [1.165, 1.54) is 13.8 Å². The molecule has 5 nitrogen and oxygen atoms in total. The number of fused-ring (bicyclic) bond motifs is 5. The number of hydrogen-bond acceptors (Lipinski definition) is 5. The number of esters is 2. The molecule has 4 saturated carbocycles. The molecule has 0 radical (unpaired) electrons. The highest BCUT2D eigenvalue weighted by atomic mass is 16.7. The molecule has 0 spiro atoms. The molecule has 0 aliphatic heterocycles. The van der Waals surface area contributed by atoms with E-state index in [9.17, 15) is 14.4 Å². The Morgan fingerprint density at radius 2 is 1.57 bits per heavy atom. The van der Waals surface area contributed by atoms with Crippen LogP contribution in [0.15, 0.2) is 0 Å². The van der Waals surface area contributed by atoms with Crippen molar-refractivity contribution in [1.29, 1.82) is 0 Å². The molecular weight excluding hydrogens is 356 g/mol. The van der Waals surface area contributed by atoms with Gasteiger partial charge in [0.1, 0.15) is 5.78 Å². The van der Waals surface area contributed by atoms with Gasteiger partial charge in [0.2, 0.25) is 0 Å². The Bertz CT molecular complexity index is 683. The van der Waals surface area contributed by atoms with Crippen molar-refractivity contribution >= 4 is 17.7 Å². The van der Waals surface area contributed by atoms with E-state index in [-0.39, 0.29) is 17.4 Å². The highest BCUT2D eigenvalue weighted by Crippen LogP contribution is 2.68. The van der Waals surface area contributed by atoms with Crippen LogP contribution in [-0.2, 0) is 23.9 Å².